The molecule has 172 valence electrons. The van der Waals surface area contributed by atoms with Crippen molar-refractivity contribution in [1.29, 1.82) is 0 Å². The third-order valence-corrected chi connectivity index (χ3v) is 6.53. The Hall–Kier alpha value is -2.83. The number of hydrogen-bond donors (Lipinski definition) is 0. The Balaban J connectivity index is 1.52. The zero-order valence-corrected chi connectivity index (χ0v) is 19.5. The van der Waals surface area contributed by atoms with Gasteiger partial charge in [-0.2, -0.15) is 5.10 Å². The van der Waals surface area contributed by atoms with Crippen LogP contribution in [0, 0.1) is 12.8 Å². The van der Waals surface area contributed by atoms with E-state index in [0.717, 1.165) is 49.2 Å². The molecule has 0 spiro atoms. The molecule has 2 aliphatic rings. The van der Waals surface area contributed by atoms with Crippen LogP contribution in [0.4, 0.5) is 0 Å². The van der Waals surface area contributed by atoms with Crippen molar-refractivity contribution < 1.29 is 14.3 Å². The number of hydrogen-bond acceptors (Lipinski definition) is 4. The number of nitrogens with zero attached hydrogens (tertiary/aromatic N) is 3. The molecular formula is C26H28ClN3O3. The number of carbonyl (C=O) groups excluding carboxylic acids is 1. The summed E-state index contributed by atoms with van der Waals surface area (Å²) in [7, 11) is 0. The van der Waals surface area contributed by atoms with E-state index in [0.29, 0.717) is 29.7 Å². The zero-order valence-electron chi connectivity index (χ0n) is 18.7. The summed E-state index contributed by atoms with van der Waals surface area (Å²) < 4.78 is 14.0. The lowest BCUT2D eigenvalue weighted by Crippen LogP contribution is -2.38. The number of aromatic nitrogens is 2. The van der Waals surface area contributed by atoms with Crippen LogP contribution >= 0.6 is 11.6 Å². The maximum atomic E-state index is 13.2. The number of halogens is 1. The summed E-state index contributed by atoms with van der Waals surface area (Å²) >= 11 is 6.42. The Morgan fingerprint density at radius 3 is 2.61 bits per heavy atom. The fourth-order valence-corrected chi connectivity index (χ4v) is 4.42. The van der Waals surface area contributed by atoms with E-state index in [4.69, 9.17) is 26.2 Å². The van der Waals surface area contributed by atoms with Gasteiger partial charge in [0.05, 0.1) is 34.6 Å². The topological polar surface area (TPSA) is 56.6 Å². The molecule has 2 fully saturated rings. The highest BCUT2D eigenvalue weighted by Gasteiger charge is 2.36. The zero-order chi connectivity index (χ0) is 22.8. The minimum Gasteiger partial charge on any atom is -0.437 e. The second-order valence-corrected chi connectivity index (χ2v) is 9.18. The normalized spacial score (nSPS) is 17.8. The monoisotopic (exact) mass is 465 g/mol. The van der Waals surface area contributed by atoms with E-state index in [1.807, 2.05) is 60.4 Å². The molecule has 0 N–H and O–H groups in total. The van der Waals surface area contributed by atoms with Crippen molar-refractivity contribution in [1.82, 2.24) is 14.7 Å². The third-order valence-electron chi connectivity index (χ3n) is 6.22. The second-order valence-electron chi connectivity index (χ2n) is 8.78. The highest BCUT2D eigenvalue weighted by atomic mass is 35.5. The Bertz CT molecular complexity index is 1120. The van der Waals surface area contributed by atoms with E-state index in [2.05, 4.69) is 0 Å². The average Bonchev–Trinajstić information content (AvgIpc) is 3.47. The van der Waals surface area contributed by atoms with Crippen LogP contribution in [-0.4, -0.2) is 39.8 Å². The molecule has 3 aromatic rings. The highest BCUT2D eigenvalue weighted by Crippen LogP contribution is 2.37. The lowest BCUT2D eigenvalue weighted by Gasteiger charge is -2.26. The fourth-order valence-electron chi connectivity index (χ4n) is 4.25. The lowest BCUT2D eigenvalue weighted by atomic mass is 10.1. The molecule has 7 heteroatoms. The largest absolute Gasteiger partial charge is 0.437 e. The quantitative estimate of drug-likeness (QED) is 0.438. The molecule has 1 amide bonds. The van der Waals surface area contributed by atoms with E-state index < -0.39 is 0 Å². The predicted molar refractivity (Wildman–Crippen MR) is 127 cm³/mol. The molecule has 1 aliphatic carbocycles. The second kappa shape index (κ2) is 9.57. The number of rotatable bonds is 8. The summed E-state index contributed by atoms with van der Waals surface area (Å²) in [6.07, 6.45) is 4.05. The minimum absolute atomic E-state index is 0.0881. The van der Waals surface area contributed by atoms with Crippen LogP contribution in [0.25, 0.3) is 5.69 Å². The molecule has 0 unspecified atom stereocenters. The molecule has 1 saturated carbocycles. The summed E-state index contributed by atoms with van der Waals surface area (Å²) in [6.45, 7) is 3.74. The number of ether oxygens (including phenoxy) is 2. The van der Waals surface area contributed by atoms with Crippen LogP contribution in [0.3, 0.4) is 0 Å². The molecule has 1 saturated heterocycles. The molecule has 2 aromatic carbocycles. The number of carbonyl (C=O) groups is 1. The molecule has 1 aliphatic heterocycles. The third kappa shape index (κ3) is 4.92. The first-order valence-corrected chi connectivity index (χ1v) is 11.9. The molecule has 6 nitrogen and oxygen atoms in total. The van der Waals surface area contributed by atoms with E-state index in [-0.39, 0.29) is 17.9 Å². The summed E-state index contributed by atoms with van der Waals surface area (Å²) in [5, 5.41) is 5.31. The Kier molecular flexibility index (Phi) is 6.38. The Labute approximate surface area is 199 Å². The Morgan fingerprint density at radius 2 is 1.91 bits per heavy atom. The SMILES string of the molecule is Cc1nn(-c2ccccc2)c(Oc2ccccc2Cl)c1CN(C[C@H]1CCCO1)C(=O)C1CC1. The van der Waals surface area contributed by atoms with Gasteiger partial charge in [-0.15, -0.1) is 0 Å². The summed E-state index contributed by atoms with van der Waals surface area (Å²) in [5.41, 5.74) is 2.58. The standard InChI is InChI=1S/C26H28ClN3O3/c1-18-22(17-29(25(31)19-13-14-19)16-21-10-7-15-32-21)26(33-24-12-6-5-11-23(24)27)30(28-18)20-8-3-2-4-9-20/h2-6,8-9,11-12,19,21H,7,10,13-17H2,1H3/t21-/m1/s1. The number of benzene rings is 2. The predicted octanol–water partition coefficient (Wildman–Crippen LogP) is 5.54. The van der Waals surface area contributed by atoms with Gasteiger partial charge in [0.25, 0.3) is 0 Å². The summed E-state index contributed by atoms with van der Waals surface area (Å²) in [4.78, 5) is 15.1. The molecule has 1 aromatic heterocycles. The highest BCUT2D eigenvalue weighted by molar-refractivity contribution is 6.32. The van der Waals surface area contributed by atoms with Crippen molar-refractivity contribution in [3.63, 3.8) is 0 Å². The van der Waals surface area contributed by atoms with Crippen molar-refractivity contribution in [2.24, 2.45) is 5.92 Å². The van der Waals surface area contributed by atoms with Crippen LogP contribution in [-0.2, 0) is 16.1 Å². The van der Waals surface area contributed by atoms with Crippen molar-refractivity contribution in [2.45, 2.75) is 45.3 Å². The first kappa shape index (κ1) is 22.0. The minimum atomic E-state index is 0.0881. The van der Waals surface area contributed by atoms with Gasteiger partial charge in [0.1, 0.15) is 5.75 Å². The van der Waals surface area contributed by atoms with Gasteiger partial charge in [-0.3, -0.25) is 4.79 Å². The van der Waals surface area contributed by atoms with Gasteiger partial charge in [-0.05, 0) is 56.9 Å². The van der Waals surface area contributed by atoms with Gasteiger partial charge < -0.3 is 14.4 Å². The lowest BCUT2D eigenvalue weighted by molar-refractivity contribution is -0.134. The van der Waals surface area contributed by atoms with E-state index in [1.165, 1.54) is 0 Å². The fraction of sp³-hybridized carbons (Fsp3) is 0.385. The van der Waals surface area contributed by atoms with Crippen molar-refractivity contribution in [2.75, 3.05) is 13.2 Å². The summed E-state index contributed by atoms with van der Waals surface area (Å²) in [6, 6.07) is 17.2. The molecule has 0 radical (unpaired) electrons. The van der Waals surface area contributed by atoms with Gasteiger partial charge in [0.15, 0.2) is 0 Å². The van der Waals surface area contributed by atoms with Crippen molar-refractivity contribution in [3.05, 3.63) is 70.9 Å². The Morgan fingerprint density at radius 1 is 1.15 bits per heavy atom. The van der Waals surface area contributed by atoms with Gasteiger partial charge in [0, 0.05) is 19.1 Å². The van der Waals surface area contributed by atoms with Crippen molar-refractivity contribution >= 4 is 17.5 Å². The van der Waals surface area contributed by atoms with Gasteiger partial charge >= 0.3 is 0 Å². The number of amides is 1. The molecule has 2 heterocycles. The van der Waals surface area contributed by atoms with Gasteiger partial charge in [0.2, 0.25) is 11.8 Å². The van der Waals surface area contributed by atoms with Gasteiger partial charge in [-0.1, -0.05) is 41.9 Å². The molecule has 1 atom stereocenters. The maximum absolute atomic E-state index is 13.2. The van der Waals surface area contributed by atoms with E-state index in [1.54, 1.807) is 10.7 Å². The molecule has 33 heavy (non-hydrogen) atoms. The average molecular weight is 466 g/mol. The number of para-hydroxylation sites is 2. The number of aryl methyl sites for hydroxylation is 1. The van der Waals surface area contributed by atoms with Crippen LogP contribution in [0.15, 0.2) is 54.6 Å². The van der Waals surface area contributed by atoms with Crippen LogP contribution in [0.5, 0.6) is 11.6 Å². The van der Waals surface area contributed by atoms with Crippen LogP contribution in [0.1, 0.15) is 36.9 Å². The molecular weight excluding hydrogens is 438 g/mol. The maximum Gasteiger partial charge on any atom is 0.227 e. The van der Waals surface area contributed by atoms with Crippen molar-refractivity contribution in [3.8, 4) is 17.3 Å². The first-order chi connectivity index (χ1) is 16.1. The van der Waals surface area contributed by atoms with Gasteiger partial charge in [-0.25, -0.2) is 4.68 Å². The van der Waals surface area contributed by atoms with E-state index >= 15 is 0 Å². The van der Waals surface area contributed by atoms with Crippen LogP contribution < -0.4 is 4.74 Å². The first-order valence-electron chi connectivity index (χ1n) is 11.6. The smallest absolute Gasteiger partial charge is 0.227 e. The molecule has 5 rings (SSSR count). The summed E-state index contributed by atoms with van der Waals surface area (Å²) in [5.74, 6) is 1.45. The molecule has 0 bridgehead atoms. The van der Waals surface area contributed by atoms with E-state index in [9.17, 15) is 4.79 Å². The van der Waals surface area contributed by atoms with Crippen LogP contribution in [0.2, 0.25) is 5.02 Å².